The number of carbonyl (C=O) groups is 1. The van der Waals surface area contributed by atoms with Gasteiger partial charge in [0.2, 0.25) is 0 Å². The van der Waals surface area contributed by atoms with E-state index in [1.807, 2.05) is 0 Å². The molecular weight excluding hydrogens is 264 g/mol. The monoisotopic (exact) mass is 284 g/mol. The molecule has 2 atom stereocenters. The largest absolute Gasteiger partial charge is 0.467 e. The maximum Gasteiger partial charge on any atom is 0.257 e. The predicted octanol–water partition coefficient (Wildman–Crippen LogP) is 2.56. The highest BCUT2D eigenvalue weighted by Gasteiger charge is 2.37. The molecule has 2 aliphatic rings. The maximum absolute atomic E-state index is 12.5. The summed E-state index contributed by atoms with van der Waals surface area (Å²) in [5, 5.41) is 0. The zero-order valence-corrected chi connectivity index (χ0v) is 11.8. The molecule has 4 nitrogen and oxygen atoms in total. The highest BCUT2D eigenvalue weighted by molar-refractivity contribution is 5.94. The van der Waals surface area contributed by atoms with E-state index >= 15 is 0 Å². The van der Waals surface area contributed by atoms with Gasteiger partial charge in [0.15, 0.2) is 0 Å². The lowest BCUT2D eigenvalue weighted by Gasteiger charge is -2.37. The third-order valence-corrected chi connectivity index (χ3v) is 4.36. The van der Waals surface area contributed by atoms with Crippen LogP contribution in [0.15, 0.2) is 16.7 Å². The van der Waals surface area contributed by atoms with E-state index in [0.29, 0.717) is 23.9 Å². The molecule has 3 rings (SSSR count). The first-order valence-corrected chi connectivity index (χ1v) is 6.88. The fourth-order valence-electron chi connectivity index (χ4n) is 3.47. The molecule has 2 N–H and O–H groups in total. The number of fused-ring (bicyclic) bond motifs is 1. The Morgan fingerprint density at radius 1 is 1.37 bits per heavy atom. The van der Waals surface area contributed by atoms with Gasteiger partial charge in [-0.05, 0) is 37.7 Å². The van der Waals surface area contributed by atoms with Crippen molar-refractivity contribution in [3.63, 3.8) is 0 Å². The lowest BCUT2D eigenvalue weighted by atomic mass is 9.91. The summed E-state index contributed by atoms with van der Waals surface area (Å²) in [6.07, 6.45) is 7.68. The van der Waals surface area contributed by atoms with Gasteiger partial charge >= 0.3 is 0 Å². The van der Waals surface area contributed by atoms with Crippen molar-refractivity contribution in [2.75, 3.05) is 6.54 Å². The van der Waals surface area contributed by atoms with E-state index in [4.69, 9.17) is 10.2 Å². The van der Waals surface area contributed by atoms with Gasteiger partial charge in [0, 0.05) is 12.6 Å². The van der Waals surface area contributed by atoms with Crippen molar-refractivity contribution in [2.45, 2.75) is 44.7 Å². The van der Waals surface area contributed by atoms with E-state index in [2.05, 4.69) is 4.90 Å². The standard InChI is InChI=1S/C14H20N2O2.ClH/c15-8-12-7-11(9-18-12)14(17)16-6-2-4-10-3-1-5-13(10)16;/h7,9-10,13H,1-6,8,15H2;1H. The van der Waals surface area contributed by atoms with Crippen LogP contribution >= 0.6 is 12.4 Å². The minimum atomic E-state index is 0. The van der Waals surface area contributed by atoms with Crippen molar-refractivity contribution < 1.29 is 9.21 Å². The molecule has 19 heavy (non-hydrogen) atoms. The Kier molecular flexibility index (Phi) is 4.53. The second-order valence-corrected chi connectivity index (χ2v) is 5.40. The Hall–Kier alpha value is -1.00. The first-order valence-electron chi connectivity index (χ1n) is 6.88. The fourth-order valence-corrected chi connectivity index (χ4v) is 3.47. The van der Waals surface area contributed by atoms with Crippen LogP contribution in [0.1, 0.15) is 48.2 Å². The van der Waals surface area contributed by atoms with Crippen LogP contribution in [0.25, 0.3) is 0 Å². The number of nitrogens with two attached hydrogens (primary N) is 1. The van der Waals surface area contributed by atoms with E-state index in [-0.39, 0.29) is 18.3 Å². The van der Waals surface area contributed by atoms with E-state index < -0.39 is 0 Å². The van der Waals surface area contributed by atoms with Crippen LogP contribution in [-0.2, 0) is 6.54 Å². The van der Waals surface area contributed by atoms with Crippen LogP contribution in [0.2, 0.25) is 0 Å². The van der Waals surface area contributed by atoms with Gasteiger partial charge in [0.1, 0.15) is 12.0 Å². The van der Waals surface area contributed by atoms with Crippen LogP contribution in [0.5, 0.6) is 0 Å². The Morgan fingerprint density at radius 3 is 2.89 bits per heavy atom. The minimum absolute atomic E-state index is 0. The third-order valence-electron chi connectivity index (χ3n) is 4.36. The Morgan fingerprint density at radius 2 is 2.16 bits per heavy atom. The molecule has 1 aromatic rings. The summed E-state index contributed by atoms with van der Waals surface area (Å²) in [6, 6.07) is 2.24. The normalized spacial score (nSPS) is 25.8. The molecule has 1 saturated heterocycles. The first-order chi connectivity index (χ1) is 8.79. The Labute approximate surface area is 119 Å². The number of hydrogen-bond acceptors (Lipinski definition) is 3. The summed E-state index contributed by atoms with van der Waals surface area (Å²) in [5.41, 5.74) is 6.16. The summed E-state index contributed by atoms with van der Waals surface area (Å²) in [6.45, 7) is 1.24. The van der Waals surface area contributed by atoms with E-state index in [1.165, 1.54) is 19.3 Å². The number of rotatable bonds is 2. The Balaban J connectivity index is 0.00000133. The number of carbonyl (C=O) groups excluding carboxylic acids is 1. The van der Waals surface area contributed by atoms with Gasteiger partial charge in [-0.25, -0.2) is 0 Å². The SMILES string of the molecule is Cl.NCc1cc(C(=O)N2CCCC3CCCC32)co1. The number of furan rings is 1. The van der Waals surface area contributed by atoms with Crippen LogP contribution in [-0.4, -0.2) is 23.4 Å². The van der Waals surface area contributed by atoms with Crippen molar-refractivity contribution in [3.05, 3.63) is 23.7 Å². The zero-order chi connectivity index (χ0) is 12.5. The molecule has 106 valence electrons. The van der Waals surface area contributed by atoms with Crippen molar-refractivity contribution in [1.82, 2.24) is 4.90 Å². The molecule has 1 aliphatic heterocycles. The van der Waals surface area contributed by atoms with Crippen molar-refractivity contribution in [3.8, 4) is 0 Å². The molecule has 0 spiro atoms. The second-order valence-electron chi connectivity index (χ2n) is 5.40. The highest BCUT2D eigenvalue weighted by Crippen LogP contribution is 2.37. The zero-order valence-electron chi connectivity index (χ0n) is 11.0. The molecule has 2 unspecified atom stereocenters. The van der Waals surface area contributed by atoms with Crippen molar-refractivity contribution in [2.24, 2.45) is 11.7 Å². The summed E-state index contributed by atoms with van der Waals surface area (Å²) >= 11 is 0. The van der Waals surface area contributed by atoms with Crippen LogP contribution in [0, 0.1) is 5.92 Å². The number of hydrogen-bond donors (Lipinski definition) is 1. The van der Waals surface area contributed by atoms with Crippen molar-refractivity contribution in [1.29, 1.82) is 0 Å². The Bertz CT molecular complexity index is 446. The average Bonchev–Trinajstić information content (AvgIpc) is 3.05. The molecule has 1 aliphatic carbocycles. The lowest BCUT2D eigenvalue weighted by Crippen LogP contribution is -2.46. The third kappa shape index (κ3) is 2.65. The van der Waals surface area contributed by atoms with Crippen LogP contribution in [0.3, 0.4) is 0 Å². The maximum atomic E-state index is 12.5. The van der Waals surface area contributed by atoms with Crippen LogP contribution in [0.4, 0.5) is 0 Å². The summed E-state index contributed by atoms with van der Waals surface area (Å²) in [4.78, 5) is 14.6. The molecule has 2 heterocycles. The number of piperidine rings is 1. The van der Waals surface area contributed by atoms with E-state index in [9.17, 15) is 4.79 Å². The van der Waals surface area contributed by atoms with Crippen LogP contribution < -0.4 is 5.73 Å². The number of likely N-dealkylation sites (tertiary alicyclic amines) is 1. The highest BCUT2D eigenvalue weighted by atomic mass is 35.5. The topological polar surface area (TPSA) is 59.5 Å². The van der Waals surface area contributed by atoms with Gasteiger partial charge in [-0.3, -0.25) is 4.79 Å². The van der Waals surface area contributed by atoms with Gasteiger partial charge in [-0.1, -0.05) is 6.42 Å². The average molecular weight is 285 g/mol. The van der Waals surface area contributed by atoms with E-state index in [0.717, 1.165) is 25.3 Å². The second kappa shape index (κ2) is 5.97. The molecule has 0 radical (unpaired) electrons. The number of amides is 1. The van der Waals surface area contributed by atoms with Gasteiger partial charge in [0.25, 0.3) is 5.91 Å². The number of nitrogens with zero attached hydrogens (tertiary/aromatic N) is 1. The van der Waals surface area contributed by atoms with E-state index in [1.54, 1.807) is 12.3 Å². The first kappa shape index (κ1) is 14.4. The quantitative estimate of drug-likeness (QED) is 0.908. The summed E-state index contributed by atoms with van der Waals surface area (Å²) in [7, 11) is 0. The summed E-state index contributed by atoms with van der Waals surface area (Å²) in [5.74, 6) is 1.52. The number of halogens is 1. The molecule has 0 aromatic carbocycles. The predicted molar refractivity (Wildman–Crippen MR) is 75.2 cm³/mol. The van der Waals surface area contributed by atoms with Gasteiger partial charge in [-0.15, -0.1) is 12.4 Å². The molecule has 1 amide bonds. The molecule has 1 saturated carbocycles. The van der Waals surface area contributed by atoms with Gasteiger partial charge in [-0.2, -0.15) is 0 Å². The molecular formula is C14H21ClN2O2. The van der Waals surface area contributed by atoms with Gasteiger partial charge < -0.3 is 15.1 Å². The molecule has 1 aromatic heterocycles. The molecule has 5 heteroatoms. The minimum Gasteiger partial charge on any atom is -0.467 e. The molecule has 2 fully saturated rings. The van der Waals surface area contributed by atoms with Crippen molar-refractivity contribution >= 4 is 18.3 Å². The lowest BCUT2D eigenvalue weighted by molar-refractivity contribution is 0.0547. The fraction of sp³-hybridized carbons (Fsp3) is 0.643. The molecule has 0 bridgehead atoms. The summed E-state index contributed by atoms with van der Waals surface area (Å²) < 4.78 is 5.26. The van der Waals surface area contributed by atoms with Gasteiger partial charge in [0.05, 0.1) is 12.1 Å². The smallest absolute Gasteiger partial charge is 0.257 e.